The topological polar surface area (TPSA) is 65.8 Å². The fourth-order valence-corrected chi connectivity index (χ4v) is 4.72. The van der Waals surface area contributed by atoms with Crippen molar-refractivity contribution in [3.8, 4) is 0 Å². The van der Waals surface area contributed by atoms with Crippen molar-refractivity contribution in [2.45, 2.75) is 39.2 Å². The van der Waals surface area contributed by atoms with Crippen LogP contribution in [-0.2, 0) is 6.42 Å². The van der Waals surface area contributed by atoms with Crippen molar-refractivity contribution in [1.29, 1.82) is 0 Å². The van der Waals surface area contributed by atoms with Gasteiger partial charge < -0.3 is 14.6 Å². The molecule has 5 rings (SSSR count). The van der Waals surface area contributed by atoms with E-state index in [0.29, 0.717) is 17.4 Å². The van der Waals surface area contributed by atoms with Crippen LogP contribution in [0.3, 0.4) is 0 Å². The van der Waals surface area contributed by atoms with Gasteiger partial charge in [-0.2, -0.15) is 0 Å². The van der Waals surface area contributed by atoms with E-state index in [1.165, 1.54) is 25.1 Å². The molecule has 0 spiro atoms. The number of carbonyl (C=O) groups is 1. The molecule has 2 aromatic heterocycles. The first-order valence-corrected chi connectivity index (χ1v) is 10.9. The van der Waals surface area contributed by atoms with Crippen LogP contribution in [0.4, 0.5) is 11.5 Å². The second-order valence-electron chi connectivity index (χ2n) is 8.32. The second kappa shape index (κ2) is 7.72. The molecule has 0 saturated carbocycles. The van der Waals surface area contributed by atoms with Gasteiger partial charge in [-0.1, -0.05) is 6.92 Å². The van der Waals surface area contributed by atoms with Crippen LogP contribution in [0.2, 0.25) is 0 Å². The summed E-state index contributed by atoms with van der Waals surface area (Å²) in [6.07, 6.45) is 7.14. The summed E-state index contributed by atoms with van der Waals surface area (Å²) in [5, 5.41) is 2.94. The zero-order valence-corrected chi connectivity index (χ0v) is 17.6. The number of rotatable bonds is 4. The van der Waals surface area contributed by atoms with E-state index in [4.69, 9.17) is 0 Å². The first kappa shape index (κ1) is 19.1. The molecule has 2 aliphatic rings. The van der Waals surface area contributed by atoms with Gasteiger partial charge in [0.1, 0.15) is 5.82 Å². The summed E-state index contributed by atoms with van der Waals surface area (Å²) in [5.41, 5.74) is 4.49. The summed E-state index contributed by atoms with van der Waals surface area (Å²) in [6, 6.07) is 8.63. The summed E-state index contributed by atoms with van der Waals surface area (Å²) in [7, 11) is 0. The third-order valence-corrected chi connectivity index (χ3v) is 6.29. The van der Waals surface area contributed by atoms with E-state index in [9.17, 15) is 4.79 Å². The Morgan fingerprint density at radius 1 is 1.13 bits per heavy atom. The zero-order valence-electron chi connectivity index (χ0n) is 17.6. The molecular formula is C23H28N6O. The Morgan fingerprint density at radius 3 is 2.77 bits per heavy atom. The molecule has 1 amide bonds. The molecule has 4 heterocycles. The van der Waals surface area contributed by atoms with Crippen LogP contribution >= 0.6 is 0 Å². The Balaban J connectivity index is 1.30. The predicted molar refractivity (Wildman–Crippen MR) is 118 cm³/mol. The van der Waals surface area contributed by atoms with Crippen LogP contribution in [0.1, 0.15) is 41.5 Å². The first-order valence-electron chi connectivity index (χ1n) is 10.9. The van der Waals surface area contributed by atoms with Crippen LogP contribution in [0, 0.1) is 6.92 Å². The van der Waals surface area contributed by atoms with Crippen LogP contribution < -0.4 is 10.2 Å². The molecule has 7 nitrogen and oxygen atoms in total. The molecule has 0 aliphatic carbocycles. The van der Waals surface area contributed by atoms with E-state index >= 15 is 0 Å². The number of aromatic nitrogens is 3. The number of hydrogen-bond acceptors (Lipinski definition) is 5. The minimum atomic E-state index is -0.145. The minimum Gasteiger partial charge on any atom is -0.369 e. The maximum atomic E-state index is 12.8. The maximum Gasteiger partial charge on any atom is 0.256 e. The van der Waals surface area contributed by atoms with E-state index in [1.807, 2.05) is 42.8 Å². The summed E-state index contributed by atoms with van der Waals surface area (Å²) in [5.74, 6) is 0.399. The van der Waals surface area contributed by atoms with Crippen molar-refractivity contribution in [1.82, 2.24) is 19.3 Å². The van der Waals surface area contributed by atoms with E-state index < -0.39 is 0 Å². The Bertz CT molecular complexity index is 1070. The fourth-order valence-electron chi connectivity index (χ4n) is 4.72. The molecule has 1 atom stereocenters. The Kier molecular flexibility index (Phi) is 4.90. The maximum absolute atomic E-state index is 12.8. The lowest BCUT2D eigenvalue weighted by Crippen LogP contribution is -2.50. The molecule has 30 heavy (non-hydrogen) atoms. The first-order chi connectivity index (χ1) is 14.6. The van der Waals surface area contributed by atoms with Crippen molar-refractivity contribution >= 4 is 23.1 Å². The number of aryl methyl sites for hydroxylation is 2. The smallest absolute Gasteiger partial charge is 0.256 e. The Hall–Kier alpha value is -2.93. The van der Waals surface area contributed by atoms with E-state index in [2.05, 4.69) is 37.2 Å². The van der Waals surface area contributed by atoms with Gasteiger partial charge in [-0.15, -0.1) is 0 Å². The molecule has 2 saturated heterocycles. The van der Waals surface area contributed by atoms with Crippen molar-refractivity contribution in [3.63, 3.8) is 0 Å². The van der Waals surface area contributed by atoms with Gasteiger partial charge in [0.2, 0.25) is 0 Å². The van der Waals surface area contributed by atoms with Gasteiger partial charge in [-0.3, -0.25) is 9.69 Å². The number of carbonyl (C=O) groups excluding carboxylic acids is 1. The number of nitrogens with one attached hydrogen (secondary N) is 1. The highest BCUT2D eigenvalue weighted by Gasteiger charge is 2.30. The van der Waals surface area contributed by atoms with Gasteiger partial charge in [-0.25, -0.2) is 9.97 Å². The van der Waals surface area contributed by atoms with Gasteiger partial charge in [0.25, 0.3) is 5.91 Å². The average molecular weight is 405 g/mol. The van der Waals surface area contributed by atoms with Crippen LogP contribution in [0.15, 0.2) is 36.7 Å². The molecular weight excluding hydrogens is 376 g/mol. The lowest BCUT2D eigenvalue weighted by Gasteiger charge is -2.38. The number of piperazine rings is 1. The normalized spacial score (nSPS) is 19.3. The quantitative estimate of drug-likeness (QED) is 0.724. The third kappa shape index (κ3) is 3.54. The van der Waals surface area contributed by atoms with Crippen molar-refractivity contribution in [2.75, 3.05) is 36.4 Å². The highest BCUT2D eigenvalue weighted by molar-refractivity contribution is 6.03. The SMILES string of the molecule is CCc1nc(NC(=O)c2ccc(N3CCN4CCCC4C3)cc2)cn2cc(C)nc12. The van der Waals surface area contributed by atoms with Gasteiger partial charge in [0, 0.05) is 43.1 Å². The van der Waals surface area contributed by atoms with Crippen molar-refractivity contribution in [3.05, 3.63) is 53.6 Å². The number of benzene rings is 1. The molecule has 156 valence electrons. The second-order valence-corrected chi connectivity index (χ2v) is 8.32. The number of fused-ring (bicyclic) bond motifs is 2. The van der Waals surface area contributed by atoms with Gasteiger partial charge in [0.15, 0.2) is 5.65 Å². The molecule has 7 heteroatoms. The number of imidazole rings is 1. The molecule has 1 unspecified atom stereocenters. The molecule has 0 bridgehead atoms. The van der Waals surface area contributed by atoms with E-state index in [0.717, 1.165) is 43.1 Å². The van der Waals surface area contributed by atoms with Crippen molar-refractivity contribution in [2.24, 2.45) is 0 Å². The zero-order chi connectivity index (χ0) is 20.7. The van der Waals surface area contributed by atoms with Crippen LogP contribution in [-0.4, -0.2) is 57.4 Å². The third-order valence-electron chi connectivity index (χ3n) is 6.29. The van der Waals surface area contributed by atoms with E-state index in [-0.39, 0.29) is 5.91 Å². The summed E-state index contributed by atoms with van der Waals surface area (Å²) in [6.45, 7) is 8.51. The number of anilines is 2. The average Bonchev–Trinajstić information content (AvgIpc) is 3.38. The predicted octanol–water partition coefficient (Wildman–Crippen LogP) is 3.14. The van der Waals surface area contributed by atoms with Gasteiger partial charge >= 0.3 is 0 Å². The summed E-state index contributed by atoms with van der Waals surface area (Å²) >= 11 is 0. The van der Waals surface area contributed by atoms with E-state index in [1.54, 1.807) is 0 Å². The molecule has 0 radical (unpaired) electrons. The highest BCUT2D eigenvalue weighted by Crippen LogP contribution is 2.26. The monoisotopic (exact) mass is 404 g/mol. The Morgan fingerprint density at radius 2 is 1.97 bits per heavy atom. The molecule has 1 N–H and O–H groups in total. The number of nitrogens with zero attached hydrogens (tertiary/aromatic N) is 5. The summed E-state index contributed by atoms with van der Waals surface area (Å²) < 4.78 is 1.93. The standard InChI is InChI=1S/C23H28N6O/c1-3-20-22-24-16(2)13-29(22)15-21(25-20)26-23(30)17-6-8-18(9-7-17)28-12-11-27-10-4-5-19(27)14-28/h6-9,13,15,19H,3-5,10-12,14H2,1-2H3,(H,26,30). The molecule has 3 aromatic rings. The molecule has 1 aromatic carbocycles. The largest absolute Gasteiger partial charge is 0.369 e. The lowest BCUT2D eigenvalue weighted by molar-refractivity contribution is 0.102. The summed E-state index contributed by atoms with van der Waals surface area (Å²) in [4.78, 5) is 27.0. The van der Waals surface area contributed by atoms with Crippen LogP contribution in [0.25, 0.3) is 5.65 Å². The minimum absolute atomic E-state index is 0.145. The van der Waals surface area contributed by atoms with Gasteiger partial charge in [-0.05, 0) is 57.0 Å². The fraction of sp³-hybridized carbons (Fsp3) is 0.435. The number of hydrogen-bond donors (Lipinski definition) is 1. The highest BCUT2D eigenvalue weighted by atomic mass is 16.1. The number of amides is 1. The van der Waals surface area contributed by atoms with Gasteiger partial charge in [0.05, 0.1) is 17.6 Å². The molecule has 2 fully saturated rings. The Labute approximate surface area is 176 Å². The van der Waals surface area contributed by atoms with Crippen molar-refractivity contribution < 1.29 is 4.79 Å². The van der Waals surface area contributed by atoms with Crippen LogP contribution in [0.5, 0.6) is 0 Å². The molecule has 2 aliphatic heterocycles. The lowest BCUT2D eigenvalue weighted by atomic mass is 10.1.